The lowest BCUT2D eigenvalue weighted by Gasteiger charge is -2.08. The van der Waals surface area contributed by atoms with Crippen LogP contribution in [0.5, 0.6) is 0 Å². The van der Waals surface area contributed by atoms with E-state index in [1.165, 1.54) is 6.33 Å². The van der Waals surface area contributed by atoms with Gasteiger partial charge in [0.05, 0.1) is 0 Å². The van der Waals surface area contributed by atoms with E-state index in [0.717, 1.165) is 0 Å². The summed E-state index contributed by atoms with van der Waals surface area (Å²) < 4.78 is 1.71. The van der Waals surface area contributed by atoms with E-state index in [1.54, 1.807) is 53.6 Å². The molecule has 8 heteroatoms. The molecule has 7 nitrogen and oxygen atoms in total. The van der Waals surface area contributed by atoms with E-state index >= 15 is 0 Å². The highest BCUT2D eigenvalue weighted by Gasteiger charge is 2.06. The van der Waals surface area contributed by atoms with Gasteiger partial charge in [0.15, 0.2) is 0 Å². The molecular weight excluding hydrogens is 304 g/mol. The van der Waals surface area contributed by atoms with Crippen LogP contribution in [0.1, 0.15) is 0 Å². The number of nitrogens with zero attached hydrogens (tertiary/aromatic N) is 4. The van der Waals surface area contributed by atoms with Crippen LogP contribution in [0.25, 0.3) is 5.82 Å². The van der Waals surface area contributed by atoms with Crippen LogP contribution in [0, 0.1) is 0 Å². The third-order valence-electron chi connectivity index (χ3n) is 2.75. The highest BCUT2D eigenvalue weighted by Crippen LogP contribution is 2.15. The van der Waals surface area contributed by atoms with Gasteiger partial charge < -0.3 is 5.32 Å². The molecule has 0 atom stereocenters. The lowest BCUT2D eigenvalue weighted by atomic mass is 10.3. The third-order valence-corrected chi connectivity index (χ3v) is 2.98. The first-order valence-corrected chi connectivity index (χ1v) is 6.72. The Morgan fingerprint density at radius 1 is 1.18 bits per heavy atom. The fourth-order valence-corrected chi connectivity index (χ4v) is 1.99. The summed E-state index contributed by atoms with van der Waals surface area (Å²) in [5.74, 6) is 0.976. The molecule has 0 bridgehead atoms. The zero-order valence-corrected chi connectivity index (χ0v) is 12.0. The molecule has 0 radical (unpaired) electrons. The maximum absolute atomic E-state index is 11.9. The van der Waals surface area contributed by atoms with Crippen molar-refractivity contribution in [3.8, 4) is 5.82 Å². The zero-order valence-electron chi connectivity index (χ0n) is 11.3. The maximum Gasteiger partial charge on any atom is 0.324 e. The van der Waals surface area contributed by atoms with Gasteiger partial charge in [-0.05, 0) is 18.2 Å². The van der Waals surface area contributed by atoms with E-state index in [1.807, 2.05) is 0 Å². The number of benzene rings is 1. The number of aromatic nitrogens is 4. The molecule has 0 aliphatic carbocycles. The van der Waals surface area contributed by atoms with Crippen molar-refractivity contribution in [1.29, 1.82) is 0 Å². The maximum atomic E-state index is 11.9. The second-order valence-electron chi connectivity index (χ2n) is 4.32. The van der Waals surface area contributed by atoms with E-state index in [9.17, 15) is 4.79 Å². The van der Waals surface area contributed by atoms with Crippen molar-refractivity contribution in [1.82, 2.24) is 19.5 Å². The molecule has 22 heavy (non-hydrogen) atoms. The predicted molar refractivity (Wildman–Crippen MR) is 83.2 cm³/mol. The number of halogens is 1. The van der Waals surface area contributed by atoms with Gasteiger partial charge in [-0.3, -0.25) is 9.88 Å². The molecule has 110 valence electrons. The number of hydrogen-bond donors (Lipinski definition) is 2. The van der Waals surface area contributed by atoms with E-state index in [2.05, 4.69) is 25.6 Å². The number of anilines is 2. The molecule has 2 amide bonds. The molecule has 0 saturated heterocycles. The van der Waals surface area contributed by atoms with Gasteiger partial charge >= 0.3 is 6.03 Å². The van der Waals surface area contributed by atoms with Gasteiger partial charge in [0.2, 0.25) is 0 Å². The van der Waals surface area contributed by atoms with Gasteiger partial charge in [0, 0.05) is 29.2 Å². The highest BCUT2D eigenvalue weighted by atomic mass is 35.5. The molecule has 0 fully saturated rings. The molecular formula is C14H11ClN6O. The fraction of sp³-hybridized carbons (Fsp3) is 0. The Bertz CT molecular complexity index is 790. The Morgan fingerprint density at radius 2 is 2.09 bits per heavy atom. The number of carbonyl (C=O) groups excluding carboxylic acids is 1. The Kier molecular flexibility index (Phi) is 3.97. The van der Waals surface area contributed by atoms with E-state index in [0.29, 0.717) is 22.3 Å². The monoisotopic (exact) mass is 314 g/mol. The van der Waals surface area contributed by atoms with Crippen LogP contribution in [0.15, 0.2) is 55.4 Å². The van der Waals surface area contributed by atoms with Gasteiger partial charge in [-0.1, -0.05) is 17.7 Å². The first kappa shape index (κ1) is 14.0. The van der Waals surface area contributed by atoms with Crippen molar-refractivity contribution in [3.63, 3.8) is 0 Å². The topological polar surface area (TPSA) is 84.7 Å². The third kappa shape index (κ3) is 3.39. The van der Waals surface area contributed by atoms with Crippen LogP contribution >= 0.6 is 11.6 Å². The number of urea groups is 1. The number of hydrogen-bond acceptors (Lipinski definition) is 4. The van der Waals surface area contributed by atoms with E-state index in [4.69, 9.17) is 11.6 Å². The summed E-state index contributed by atoms with van der Waals surface area (Å²) in [5.41, 5.74) is 0.592. The lowest BCUT2D eigenvalue weighted by molar-refractivity contribution is 0.262. The van der Waals surface area contributed by atoms with Crippen LogP contribution in [0.4, 0.5) is 16.3 Å². The Balaban J connectivity index is 1.70. The van der Waals surface area contributed by atoms with E-state index < -0.39 is 6.03 Å². The first-order valence-electron chi connectivity index (χ1n) is 6.35. The minimum Gasteiger partial charge on any atom is -0.308 e. The molecule has 3 aromatic rings. The highest BCUT2D eigenvalue weighted by molar-refractivity contribution is 6.30. The second-order valence-corrected chi connectivity index (χ2v) is 4.76. The smallest absolute Gasteiger partial charge is 0.308 e. The summed E-state index contributed by atoms with van der Waals surface area (Å²) in [6.45, 7) is 0. The van der Waals surface area contributed by atoms with Crippen molar-refractivity contribution < 1.29 is 4.79 Å². The summed E-state index contributed by atoms with van der Waals surface area (Å²) in [5, 5.41) is 5.85. The SMILES string of the molecule is O=C(Nc1cccc(Cl)c1)Nc1cc(-n2ccnc2)ncn1. The first-order chi connectivity index (χ1) is 10.7. The quantitative estimate of drug-likeness (QED) is 0.778. The molecule has 0 unspecified atom stereocenters. The van der Waals surface area contributed by atoms with Gasteiger partial charge in [0.1, 0.15) is 24.3 Å². The van der Waals surface area contributed by atoms with Crippen LogP contribution in [0.2, 0.25) is 5.02 Å². The standard InChI is InChI=1S/C14H11ClN6O/c15-10-2-1-3-11(6-10)19-14(22)20-12-7-13(18-8-17-12)21-5-4-16-9-21/h1-9H,(H2,17,18,19,20,22). The average Bonchev–Trinajstić information content (AvgIpc) is 3.01. The van der Waals surface area contributed by atoms with Gasteiger partial charge in [-0.15, -0.1) is 0 Å². The van der Waals surface area contributed by atoms with Crippen LogP contribution in [0.3, 0.4) is 0 Å². The van der Waals surface area contributed by atoms with Crippen LogP contribution < -0.4 is 10.6 Å². The summed E-state index contributed by atoms with van der Waals surface area (Å²) >= 11 is 5.87. The number of rotatable bonds is 3. The molecule has 1 aromatic carbocycles. The van der Waals surface area contributed by atoms with Crippen molar-refractivity contribution in [2.75, 3.05) is 10.6 Å². The van der Waals surface area contributed by atoms with Crippen LogP contribution in [-0.2, 0) is 0 Å². The molecule has 0 aliphatic heterocycles. The van der Waals surface area contributed by atoms with Gasteiger partial charge in [-0.25, -0.2) is 19.7 Å². The second kappa shape index (κ2) is 6.23. The molecule has 2 heterocycles. The minimum atomic E-state index is -0.419. The molecule has 2 N–H and O–H groups in total. The molecule has 0 saturated carbocycles. The van der Waals surface area contributed by atoms with Crippen molar-refractivity contribution in [3.05, 3.63) is 60.4 Å². The Hall–Kier alpha value is -2.93. The van der Waals surface area contributed by atoms with Crippen molar-refractivity contribution in [2.45, 2.75) is 0 Å². The number of nitrogens with one attached hydrogen (secondary N) is 2. The molecule has 2 aromatic heterocycles. The number of amides is 2. The number of carbonyl (C=O) groups is 1. The van der Waals surface area contributed by atoms with Crippen LogP contribution in [-0.4, -0.2) is 25.6 Å². The molecule has 3 rings (SSSR count). The summed E-state index contributed by atoms with van der Waals surface area (Å²) in [7, 11) is 0. The number of imidazole rings is 1. The van der Waals surface area contributed by atoms with Gasteiger partial charge in [0.25, 0.3) is 0 Å². The van der Waals surface area contributed by atoms with Crippen molar-refractivity contribution in [2.24, 2.45) is 0 Å². The van der Waals surface area contributed by atoms with E-state index in [-0.39, 0.29) is 0 Å². The Morgan fingerprint density at radius 3 is 2.86 bits per heavy atom. The Labute approximate surface area is 131 Å². The fourth-order valence-electron chi connectivity index (χ4n) is 1.80. The normalized spacial score (nSPS) is 10.2. The molecule has 0 spiro atoms. The minimum absolute atomic E-state index is 0.373. The summed E-state index contributed by atoms with van der Waals surface area (Å²) in [6.07, 6.45) is 6.36. The summed E-state index contributed by atoms with van der Waals surface area (Å²) in [6, 6.07) is 8.09. The van der Waals surface area contributed by atoms with Gasteiger partial charge in [-0.2, -0.15) is 0 Å². The summed E-state index contributed by atoms with van der Waals surface area (Å²) in [4.78, 5) is 24.0. The zero-order chi connectivity index (χ0) is 15.4. The predicted octanol–water partition coefficient (Wildman–Crippen LogP) is 2.96. The largest absolute Gasteiger partial charge is 0.324 e. The average molecular weight is 315 g/mol. The molecule has 0 aliphatic rings. The lowest BCUT2D eigenvalue weighted by Crippen LogP contribution is -2.20. The van der Waals surface area contributed by atoms with Crippen molar-refractivity contribution >= 4 is 29.1 Å².